The van der Waals surface area contributed by atoms with Crippen molar-refractivity contribution in [3.63, 3.8) is 0 Å². The molecule has 0 aromatic heterocycles. The molecule has 0 bridgehead atoms. The number of phosphoric acid groups is 1. The predicted octanol–water partition coefficient (Wildman–Crippen LogP) is 11.7. The van der Waals surface area contributed by atoms with Crippen molar-refractivity contribution in [3.8, 4) is 0 Å². The normalized spacial score (nSPS) is 21.5. The van der Waals surface area contributed by atoms with E-state index in [2.05, 4.69) is 74.6 Å². The average molecular weight is 983 g/mol. The molecular weight excluding hydrogens is 888 g/mol. The molecule has 0 heterocycles. The van der Waals surface area contributed by atoms with Gasteiger partial charge < -0.3 is 39.9 Å². The largest absolute Gasteiger partial charge is 0.472 e. The van der Waals surface area contributed by atoms with Crippen LogP contribution in [0.2, 0.25) is 0 Å². The van der Waals surface area contributed by atoms with E-state index in [1.54, 1.807) is 0 Å². The Morgan fingerprint density at radius 3 is 1.28 bits per heavy atom. The summed E-state index contributed by atoms with van der Waals surface area (Å²) < 4.78 is 33.6. The molecule has 1 fully saturated rings. The Hall–Kier alpha value is -2.45. The van der Waals surface area contributed by atoms with Gasteiger partial charge in [0.2, 0.25) is 0 Å². The van der Waals surface area contributed by atoms with Crippen LogP contribution in [0.3, 0.4) is 0 Å². The molecule has 0 saturated heterocycles. The molecule has 1 saturated carbocycles. The molecule has 394 valence electrons. The SMILES string of the molecule is CC/C=C/C/C=C/C/C=C/C/C=C/C/C=C/CCCCCC(=O)O[C@@H](COC(=O)CCCCCCCCCCCCCCCCCCCCCC)COP(=O)(O)OC1C(O)C(O)C(O)[C@H](O)C1O. The lowest BCUT2D eigenvalue weighted by molar-refractivity contribution is -0.220. The molecule has 1 rings (SSSR count). The molecule has 6 unspecified atom stereocenters. The number of hydrogen-bond acceptors (Lipinski definition) is 12. The molecule has 0 radical (unpaired) electrons. The minimum absolute atomic E-state index is 0.0569. The van der Waals surface area contributed by atoms with Gasteiger partial charge in [-0.15, -0.1) is 0 Å². The summed E-state index contributed by atoms with van der Waals surface area (Å²) >= 11 is 0. The Morgan fingerprint density at radius 2 is 0.838 bits per heavy atom. The van der Waals surface area contributed by atoms with Gasteiger partial charge in [0.1, 0.15) is 43.2 Å². The fourth-order valence-corrected chi connectivity index (χ4v) is 8.88. The summed E-state index contributed by atoms with van der Waals surface area (Å²) in [5, 5.41) is 50.3. The molecule has 13 nitrogen and oxygen atoms in total. The highest BCUT2D eigenvalue weighted by Crippen LogP contribution is 2.47. The molecule has 14 heteroatoms. The minimum Gasteiger partial charge on any atom is -0.462 e. The predicted molar refractivity (Wildman–Crippen MR) is 272 cm³/mol. The number of aliphatic hydroxyl groups excluding tert-OH is 5. The molecule has 1 aliphatic rings. The summed E-state index contributed by atoms with van der Waals surface area (Å²) in [4.78, 5) is 35.9. The molecule has 0 aromatic carbocycles. The second-order valence-corrected chi connectivity index (χ2v) is 19.8. The first-order valence-corrected chi connectivity index (χ1v) is 28.1. The van der Waals surface area contributed by atoms with Crippen molar-refractivity contribution in [3.05, 3.63) is 60.8 Å². The van der Waals surface area contributed by atoms with Crippen molar-refractivity contribution in [1.29, 1.82) is 0 Å². The van der Waals surface area contributed by atoms with Gasteiger partial charge in [-0.1, -0.05) is 203 Å². The van der Waals surface area contributed by atoms with Gasteiger partial charge in [-0.05, 0) is 57.8 Å². The van der Waals surface area contributed by atoms with Gasteiger partial charge in [-0.25, -0.2) is 4.57 Å². The molecule has 8 atom stereocenters. The van der Waals surface area contributed by atoms with Gasteiger partial charge in [0.05, 0.1) is 6.61 Å². The van der Waals surface area contributed by atoms with Gasteiger partial charge in [0, 0.05) is 12.8 Å². The number of aliphatic hydroxyl groups is 5. The van der Waals surface area contributed by atoms with E-state index in [0.717, 1.165) is 70.6 Å². The average Bonchev–Trinajstić information content (AvgIpc) is 3.32. The van der Waals surface area contributed by atoms with Crippen molar-refractivity contribution in [2.45, 2.75) is 256 Å². The topological polar surface area (TPSA) is 210 Å². The maximum absolute atomic E-state index is 12.9. The number of carbonyl (C=O) groups is 2. The number of hydrogen-bond donors (Lipinski definition) is 6. The van der Waals surface area contributed by atoms with E-state index in [0.29, 0.717) is 12.8 Å². The van der Waals surface area contributed by atoms with Crippen LogP contribution in [0.4, 0.5) is 0 Å². The monoisotopic (exact) mass is 983 g/mol. The highest BCUT2D eigenvalue weighted by atomic mass is 31.2. The number of carbonyl (C=O) groups excluding carboxylic acids is 2. The highest BCUT2D eigenvalue weighted by molar-refractivity contribution is 7.47. The van der Waals surface area contributed by atoms with Gasteiger partial charge in [0.25, 0.3) is 0 Å². The van der Waals surface area contributed by atoms with Crippen molar-refractivity contribution in [2.75, 3.05) is 13.2 Å². The van der Waals surface area contributed by atoms with Crippen LogP contribution in [0.5, 0.6) is 0 Å². The second-order valence-electron chi connectivity index (χ2n) is 18.4. The molecule has 0 amide bonds. The first-order chi connectivity index (χ1) is 32.9. The maximum atomic E-state index is 12.9. The summed E-state index contributed by atoms with van der Waals surface area (Å²) in [6.45, 7) is 3.19. The van der Waals surface area contributed by atoms with E-state index >= 15 is 0 Å². The quantitative estimate of drug-likeness (QED) is 0.0145. The van der Waals surface area contributed by atoms with E-state index in [-0.39, 0.29) is 12.8 Å². The van der Waals surface area contributed by atoms with Crippen LogP contribution in [0.15, 0.2) is 60.8 Å². The molecule has 0 aliphatic heterocycles. The van der Waals surface area contributed by atoms with Crippen LogP contribution in [-0.2, 0) is 32.7 Å². The van der Waals surface area contributed by atoms with Crippen molar-refractivity contribution in [2.24, 2.45) is 0 Å². The third-order valence-electron chi connectivity index (χ3n) is 12.1. The van der Waals surface area contributed by atoms with Crippen LogP contribution in [0, 0.1) is 0 Å². The Bertz CT molecular complexity index is 1420. The lowest BCUT2D eigenvalue weighted by Gasteiger charge is -2.41. The zero-order valence-corrected chi connectivity index (χ0v) is 43.0. The number of esters is 2. The van der Waals surface area contributed by atoms with E-state index in [1.807, 2.05) is 0 Å². The zero-order chi connectivity index (χ0) is 49.9. The Balaban J connectivity index is 2.40. The number of rotatable bonds is 44. The second kappa shape index (κ2) is 43.3. The Kier molecular flexibility index (Phi) is 40.5. The van der Waals surface area contributed by atoms with Crippen LogP contribution < -0.4 is 0 Å². The molecule has 0 spiro atoms. The fraction of sp³-hybridized carbons (Fsp3) is 0.778. The first kappa shape index (κ1) is 63.6. The number of phosphoric ester groups is 1. The fourth-order valence-electron chi connectivity index (χ4n) is 7.90. The van der Waals surface area contributed by atoms with Crippen molar-refractivity contribution >= 4 is 19.8 Å². The minimum atomic E-state index is -5.13. The lowest BCUT2D eigenvalue weighted by atomic mass is 9.85. The standard InChI is InChI=1S/C54H95O13P/c1-3-5-7-9-11-13-15-17-19-21-23-25-26-28-30-32-34-36-38-40-42-47(55)64-44-46(45-65-68(62,63)67-54-52(60)50(58)49(57)51(59)53(54)61)66-48(56)43-41-39-37-35-33-31-29-27-24-22-20-18-16-14-12-10-8-6-4-2/h6,8,12,14,18,20,24,27,31,33,46,49-54,57-61H,3-5,7,9-11,13,15-17,19,21-23,25-26,28-30,32,34-45H2,1-2H3,(H,62,63)/b8-6+,14-12+,20-18+,27-24+,33-31+/t46-,49?,50-,51?,52?,53?,54?/m0/s1. The zero-order valence-electron chi connectivity index (χ0n) is 42.1. The van der Waals surface area contributed by atoms with Crippen molar-refractivity contribution < 1.29 is 63.1 Å². The number of ether oxygens (including phenoxy) is 2. The highest BCUT2D eigenvalue weighted by Gasteiger charge is 2.51. The summed E-state index contributed by atoms with van der Waals surface area (Å²) in [7, 11) is -5.13. The van der Waals surface area contributed by atoms with Gasteiger partial charge >= 0.3 is 19.8 Å². The first-order valence-electron chi connectivity index (χ1n) is 26.6. The molecule has 1 aliphatic carbocycles. The van der Waals surface area contributed by atoms with E-state index in [4.69, 9.17) is 18.5 Å². The van der Waals surface area contributed by atoms with Gasteiger partial charge in [-0.2, -0.15) is 0 Å². The van der Waals surface area contributed by atoms with Crippen LogP contribution in [0.25, 0.3) is 0 Å². The Morgan fingerprint density at radius 1 is 0.471 bits per heavy atom. The number of unbranched alkanes of at least 4 members (excludes halogenated alkanes) is 22. The van der Waals surface area contributed by atoms with Gasteiger partial charge in [-0.3, -0.25) is 18.6 Å². The van der Waals surface area contributed by atoms with E-state index in [9.17, 15) is 44.6 Å². The van der Waals surface area contributed by atoms with E-state index < -0.39 is 75.7 Å². The van der Waals surface area contributed by atoms with E-state index in [1.165, 1.54) is 103 Å². The van der Waals surface area contributed by atoms with Crippen LogP contribution in [0.1, 0.15) is 213 Å². The Labute approximate surface area is 411 Å². The third-order valence-corrected chi connectivity index (χ3v) is 13.1. The van der Waals surface area contributed by atoms with Crippen LogP contribution in [-0.4, -0.2) is 98.3 Å². The summed E-state index contributed by atoms with van der Waals surface area (Å²) in [6, 6.07) is 0. The summed E-state index contributed by atoms with van der Waals surface area (Å²) in [6.07, 6.45) is 41.2. The smallest absolute Gasteiger partial charge is 0.462 e. The van der Waals surface area contributed by atoms with Crippen LogP contribution >= 0.6 is 7.82 Å². The molecular formula is C54H95O13P. The molecule has 0 aromatic rings. The third kappa shape index (κ3) is 34.8. The molecule has 68 heavy (non-hydrogen) atoms. The van der Waals surface area contributed by atoms with Crippen molar-refractivity contribution in [1.82, 2.24) is 0 Å². The summed E-state index contributed by atoms with van der Waals surface area (Å²) in [5.41, 5.74) is 0. The lowest BCUT2D eigenvalue weighted by Crippen LogP contribution is -2.64. The molecule has 6 N–H and O–H groups in total. The number of allylic oxidation sites excluding steroid dienone is 10. The maximum Gasteiger partial charge on any atom is 0.472 e. The van der Waals surface area contributed by atoms with Gasteiger partial charge in [0.15, 0.2) is 6.10 Å². The summed E-state index contributed by atoms with van der Waals surface area (Å²) in [5.74, 6) is -1.13.